The predicted octanol–water partition coefficient (Wildman–Crippen LogP) is 1.52. The molecule has 2 heteroatoms. The summed E-state index contributed by atoms with van der Waals surface area (Å²) in [5.74, 6) is 0. The van der Waals surface area contributed by atoms with Gasteiger partial charge < -0.3 is 4.74 Å². The summed E-state index contributed by atoms with van der Waals surface area (Å²) in [6, 6.07) is 0. The van der Waals surface area contributed by atoms with Crippen LogP contribution < -0.4 is 0 Å². The molecule has 0 heterocycles. The minimum absolute atomic E-state index is 0.601. The van der Waals surface area contributed by atoms with E-state index in [1.165, 1.54) is 12.8 Å². The molecule has 0 aromatic rings. The highest BCUT2D eigenvalue weighted by Crippen LogP contribution is 2.23. The predicted molar refractivity (Wildman–Crippen MR) is 27.9 cm³/mol. The molecule has 0 aromatic heterocycles. The molecule has 36 valence electrons. The first-order chi connectivity index (χ1) is 2.93. The minimum atomic E-state index is 0.601. The van der Waals surface area contributed by atoms with Gasteiger partial charge in [0.2, 0.25) is 0 Å². The summed E-state index contributed by atoms with van der Waals surface area (Å²) < 4.78 is 5.07. The van der Waals surface area contributed by atoms with Crippen LogP contribution in [0.4, 0.5) is 0 Å². The van der Waals surface area contributed by atoms with Gasteiger partial charge in [-0.15, -0.1) is 0 Å². The molecular weight excluding hydrogens is 144 g/mol. The van der Waals surface area contributed by atoms with E-state index in [0.717, 1.165) is 0 Å². The van der Waals surface area contributed by atoms with Crippen LogP contribution in [0.1, 0.15) is 12.8 Å². The zero-order chi connectivity index (χ0) is 4.41. The third-order valence-corrected chi connectivity index (χ3v) is 1.09. The lowest BCUT2D eigenvalue weighted by Crippen LogP contribution is -1.86. The third-order valence-electron chi connectivity index (χ3n) is 0.823. The van der Waals surface area contributed by atoms with Gasteiger partial charge in [-0.05, 0) is 12.8 Å². The average Bonchev–Trinajstić information content (AvgIpc) is 2.21. The highest BCUT2D eigenvalue weighted by Gasteiger charge is 2.20. The van der Waals surface area contributed by atoms with Crippen LogP contribution in [0.3, 0.4) is 0 Å². The van der Waals surface area contributed by atoms with Gasteiger partial charge in [0.25, 0.3) is 0 Å². The molecular formula is C4H7BrO. The van der Waals surface area contributed by atoms with Gasteiger partial charge in [0.15, 0.2) is 0 Å². The highest BCUT2D eigenvalue weighted by molar-refractivity contribution is 9.09. The number of alkyl halides is 1. The van der Waals surface area contributed by atoms with Crippen LogP contribution >= 0.6 is 15.9 Å². The quantitative estimate of drug-likeness (QED) is 0.543. The van der Waals surface area contributed by atoms with Crippen LogP contribution in [-0.4, -0.2) is 11.6 Å². The summed E-state index contributed by atoms with van der Waals surface area (Å²) >= 11 is 3.17. The Bertz CT molecular complexity index is 42.8. The molecule has 0 unspecified atom stereocenters. The zero-order valence-corrected chi connectivity index (χ0v) is 5.07. The second-order valence-corrected chi connectivity index (χ2v) is 1.93. The minimum Gasteiger partial charge on any atom is -0.367 e. The van der Waals surface area contributed by atoms with Gasteiger partial charge in [-0.2, -0.15) is 0 Å². The first kappa shape index (κ1) is 4.60. The maximum Gasteiger partial charge on any atom is 0.102 e. The van der Waals surface area contributed by atoms with Crippen molar-refractivity contribution < 1.29 is 4.74 Å². The molecule has 1 aliphatic carbocycles. The lowest BCUT2D eigenvalue weighted by molar-refractivity contribution is 0.171. The fourth-order valence-corrected chi connectivity index (χ4v) is 0.698. The Labute approximate surface area is 45.8 Å². The Morgan fingerprint density at radius 1 is 1.67 bits per heavy atom. The summed E-state index contributed by atoms with van der Waals surface area (Å²) in [6.45, 7) is 0. The van der Waals surface area contributed by atoms with Crippen molar-refractivity contribution in [2.24, 2.45) is 0 Å². The van der Waals surface area contributed by atoms with E-state index in [0.29, 0.717) is 11.6 Å². The van der Waals surface area contributed by atoms with Crippen LogP contribution in [0.15, 0.2) is 0 Å². The molecule has 0 N–H and O–H groups in total. The maximum atomic E-state index is 5.07. The Morgan fingerprint density at radius 2 is 2.33 bits per heavy atom. The Balaban J connectivity index is 1.88. The van der Waals surface area contributed by atoms with Gasteiger partial charge in [0, 0.05) is 0 Å². The molecule has 1 saturated carbocycles. The normalized spacial score (nSPS) is 21.5. The average molecular weight is 151 g/mol. The van der Waals surface area contributed by atoms with E-state index >= 15 is 0 Å². The van der Waals surface area contributed by atoms with E-state index < -0.39 is 0 Å². The number of hydrogen-bond donors (Lipinski definition) is 0. The molecule has 0 amide bonds. The number of ether oxygens (including phenoxy) is 1. The van der Waals surface area contributed by atoms with E-state index in [-0.39, 0.29) is 0 Å². The van der Waals surface area contributed by atoms with Gasteiger partial charge in [0.05, 0.1) is 6.10 Å². The second kappa shape index (κ2) is 1.94. The molecule has 0 bridgehead atoms. The van der Waals surface area contributed by atoms with Gasteiger partial charge in [0.1, 0.15) is 5.52 Å². The van der Waals surface area contributed by atoms with Crippen LogP contribution in [-0.2, 0) is 4.74 Å². The van der Waals surface area contributed by atoms with Crippen LogP contribution in [0.2, 0.25) is 0 Å². The van der Waals surface area contributed by atoms with Crippen molar-refractivity contribution in [3.05, 3.63) is 0 Å². The van der Waals surface area contributed by atoms with Crippen LogP contribution in [0.5, 0.6) is 0 Å². The molecule has 0 saturated heterocycles. The molecule has 0 atom stereocenters. The molecule has 1 fully saturated rings. The SMILES string of the molecule is BrCOC1CC1. The lowest BCUT2D eigenvalue weighted by atomic mass is 10.9. The van der Waals surface area contributed by atoms with Crippen molar-refractivity contribution >= 4 is 15.9 Å². The Kier molecular flexibility index (Phi) is 1.48. The van der Waals surface area contributed by atoms with Crippen molar-refractivity contribution in [2.75, 3.05) is 5.52 Å². The fraction of sp³-hybridized carbons (Fsp3) is 1.00. The largest absolute Gasteiger partial charge is 0.367 e. The number of halogens is 1. The van der Waals surface area contributed by atoms with E-state index in [2.05, 4.69) is 15.9 Å². The highest BCUT2D eigenvalue weighted by atomic mass is 79.9. The molecule has 1 nitrogen and oxygen atoms in total. The molecule has 1 rings (SSSR count). The zero-order valence-electron chi connectivity index (χ0n) is 3.48. The molecule has 0 aromatic carbocycles. The molecule has 6 heavy (non-hydrogen) atoms. The van der Waals surface area contributed by atoms with Gasteiger partial charge >= 0.3 is 0 Å². The Hall–Kier alpha value is 0.440. The number of rotatable bonds is 2. The first-order valence-electron chi connectivity index (χ1n) is 2.11. The fourth-order valence-electron chi connectivity index (χ4n) is 0.324. The first-order valence-corrected chi connectivity index (χ1v) is 3.23. The topological polar surface area (TPSA) is 9.23 Å². The lowest BCUT2D eigenvalue weighted by Gasteiger charge is -1.88. The second-order valence-electron chi connectivity index (χ2n) is 1.48. The van der Waals surface area contributed by atoms with Crippen molar-refractivity contribution in [3.8, 4) is 0 Å². The van der Waals surface area contributed by atoms with Gasteiger partial charge in [-0.25, -0.2) is 0 Å². The van der Waals surface area contributed by atoms with Crippen LogP contribution in [0.25, 0.3) is 0 Å². The monoisotopic (exact) mass is 150 g/mol. The number of hydrogen-bond acceptors (Lipinski definition) is 1. The third kappa shape index (κ3) is 1.27. The maximum absolute atomic E-state index is 5.07. The van der Waals surface area contributed by atoms with E-state index in [1.807, 2.05) is 0 Å². The van der Waals surface area contributed by atoms with Crippen LogP contribution in [0, 0.1) is 0 Å². The standard InChI is InChI=1S/C4H7BrO/c5-3-6-4-1-2-4/h4H,1-3H2. The van der Waals surface area contributed by atoms with Gasteiger partial charge in [-0.3, -0.25) is 0 Å². The van der Waals surface area contributed by atoms with Gasteiger partial charge in [-0.1, -0.05) is 15.9 Å². The van der Waals surface area contributed by atoms with Crippen molar-refractivity contribution in [3.63, 3.8) is 0 Å². The van der Waals surface area contributed by atoms with Crippen molar-refractivity contribution in [2.45, 2.75) is 18.9 Å². The molecule has 0 radical (unpaired) electrons. The van der Waals surface area contributed by atoms with E-state index in [4.69, 9.17) is 4.74 Å². The molecule has 1 aliphatic rings. The molecule has 0 spiro atoms. The van der Waals surface area contributed by atoms with Crippen molar-refractivity contribution in [1.29, 1.82) is 0 Å². The summed E-state index contributed by atoms with van der Waals surface area (Å²) in [6.07, 6.45) is 3.14. The summed E-state index contributed by atoms with van der Waals surface area (Å²) in [5, 5.41) is 0. The smallest absolute Gasteiger partial charge is 0.102 e. The summed E-state index contributed by atoms with van der Waals surface area (Å²) in [4.78, 5) is 0. The molecule has 0 aliphatic heterocycles. The van der Waals surface area contributed by atoms with Crippen molar-refractivity contribution in [1.82, 2.24) is 0 Å². The van der Waals surface area contributed by atoms with E-state index in [9.17, 15) is 0 Å². The van der Waals surface area contributed by atoms with E-state index in [1.54, 1.807) is 0 Å². The summed E-state index contributed by atoms with van der Waals surface area (Å²) in [7, 11) is 0. The summed E-state index contributed by atoms with van der Waals surface area (Å²) in [5.41, 5.74) is 0.706. The Morgan fingerprint density at radius 3 is 2.50 bits per heavy atom.